The summed E-state index contributed by atoms with van der Waals surface area (Å²) in [7, 11) is 1.66. The molecule has 12 heavy (non-hydrogen) atoms. The van der Waals surface area contributed by atoms with Crippen molar-refractivity contribution in [2.75, 3.05) is 13.7 Å². The quantitative estimate of drug-likeness (QED) is 0.676. The molecule has 0 aromatic rings. The molecule has 0 rings (SSSR count). The molecule has 0 spiro atoms. The van der Waals surface area contributed by atoms with Crippen LogP contribution in [0.3, 0.4) is 0 Å². The molecule has 1 N–H and O–H groups in total. The van der Waals surface area contributed by atoms with Gasteiger partial charge in [0.25, 0.3) is 0 Å². The molecule has 0 saturated carbocycles. The van der Waals surface area contributed by atoms with Crippen molar-refractivity contribution in [2.24, 2.45) is 0 Å². The van der Waals surface area contributed by atoms with E-state index in [1.165, 1.54) is 0 Å². The van der Waals surface area contributed by atoms with E-state index in [1.807, 2.05) is 20.8 Å². The Morgan fingerprint density at radius 2 is 2.17 bits per heavy atom. The summed E-state index contributed by atoms with van der Waals surface area (Å²) in [6, 6.07) is 2.13. The van der Waals surface area contributed by atoms with E-state index in [0.717, 1.165) is 6.42 Å². The van der Waals surface area contributed by atoms with Gasteiger partial charge in [0.05, 0.1) is 18.7 Å². The lowest BCUT2D eigenvalue weighted by atomic mass is 10.0. The molecular weight excluding hydrogens is 152 g/mol. The van der Waals surface area contributed by atoms with Crippen LogP contribution in [0.2, 0.25) is 0 Å². The molecule has 0 aromatic heterocycles. The molecule has 0 aliphatic rings. The minimum absolute atomic E-state index is 0.0739. The molecule has 3 heteroatoms. The zero-order chi connectivity index (χ0) is 9.61. The molecule has 0 amide bonds. The Bertz CT molecular complexity index is 160. The molecule has 0 saturated heterocycles. The van der Waals surface area contributed by atoms with Crippen LogP contribution in [0, 0.1) is 11.3 Å². The fourth-order valence-corrected chi connectivity index (χ4v) is 1.10. The van der Waals surface area contributed by atoms with Crippen molar-refractivity contribution in [3.05, 3.63) is 0 Å². The van der Waals surface area contributed by atoms with Crippen LogP contribution in [0.4, 0.5) is 0 Å². The Morgan fingerprint density at radius 1 is 1.58 bits per heavy atom. The first-order chi connectivity index (χ1) is 5.55. The second-order valence-electron chi connectivity index (χ2n) is 3.55. The van der Waals surface area contributed by atoms with Crippen LogP contribution in [0.5, 0.6) is 0 Å². The molecule has 0 heterocycles. The summed E-state index contributed by atoms with van der Waals surface area (Å²) >= 11 is 0. The Morgan fingerprint density at radius 3 is 2.50 bits per heavy atom. The van der Waals surface area contributed by atoms with Gasteiger partial charge in [0.1, 0.15) is 0 Å². The standard InChI is InChI=1S/C9H18N2O/c1-5-8(6-10)11-9(2,3)7-12-4/h8,11H,5,7H2,1-4H3. The van der Waals surface area contributed by atoms with Crippen LogP contribution < -0.4 is 5.32 Å². The van der Waals surface area contributed by atoms with Gasteiger partial charge in [-0.2, -0.15) is 5.26 Å². The van der Waals surface area contributed by atoms with E-state index < -0.39 is 0 Å². The van der Waals surface area contributed by atoms with E-state index in [0.29, 0.717) is 6.61 Å². The summed E-state index contributed by atoms with van der Waals surface area (Å²) in [5.74, 6) is 0. The second-order valence-corrected chi connectivity index (χ2v) is 3.55. The van der Waals surface area contributed by atoms with Crippen LogP contribution in [0.15, 0.2) is 0 Å². The number of hydrogen-bond donors (Lipinski definition) is 1. The van der Waals surface area contributed by atoms with E-state index in [-0.39, 0.29) is 11.6 Å². The molecule has 1 unspecified atom stereocenters. The van der Waals surface area contributed by atoms with Gasteiger partial charge in [0.15, 0.2) is 0 Å². The normalized spacial score (nSPS) is 13.9. The average molecular weight is 170 g/mol. The van der Waals surface area contributed by atoms with E-state index in [9.17, 15) is 0 Å². The highest BCUT2D eigenvalue weighted by molar-refractivity contribution is 4.94. The van der Waals surface area contributed by atoms with Crippen molar-refractivity contribution in [3.8, 4) is 6.07 Å². The lowest BCUT2D eigenvalue weighted by Gasteiger charge is -2.27. The largest absolute Gasteiger partial charge is 0.383 e. The van der Waals surface area contributed by atoms with Gasteiger partial charge in [-0.3, -0.25) is 5.32 Å². The van der Waals surface area contributed by atoms with Crippen LogP contribution in [-0.2, 0) is 4.74 Å². The first-order valence-corrected chi connectivity index (χ1v) is 4.22. The zero-order valence-electron chi connectivity index (χ0n) is 8.35. The van der Waals surface area contributed by atoms with E-state index in [1.54, 1.807) is 7.11 Å². The average Bonchev–Trinajstić information content (AvgIpc) is 2.00. The predicted molar refractivity (Wildman–Crippen MR) is 48.8 cm³/mol. The SMILES string of the molecule is CCC(C#N)NC(C)(C)COC. The molecule has 0 fully saturated rings. The van der Waals surface area contributed by atoms with Gasteiger partial charge in [-0.1, -0.05) is 6.92 Å². The summed E-state index contributed by atoms with van der Waals surface area (Å²) in [5.41, 5.74) is -0.120. The van der Waals surface area contributed by atoms with Crippen molar-refractivity contribution < 1.29 is 4.74 Å². The predicted octanol–water partition coefficient (Wildman–Crippen LogP) is 1.30. The lowest BCUT2D eigenvalue weighted by Crippen LogP contribution is -2.48. The zero-order valence-corrected chi connectivity index (χ0v) is 8.35. The van der Waals surface area contributed by atoms with Crippen LogP contribution in [0.25, 0.3) is 0 Å². The molecule has 3 nitrogen and oxygen atoms in total. The molecule has 0 bridgehead atoms. The van der Waals surface area contributed by atoms with Gasteiger partial charge in [0.2, 0.25) is 0 Å². The van der Waals surface area contributed by atoms with Crippen LogP contribution in [0.1, 0.15) is 27.2 Å². The second kappa shape index (κ2) is 5.13. The third kappa shape index (κ3) is 4.32. The summed E-state index contributed by atoms with van der Waals surface area (Å²) < 4.78 is 5.02. The highest BCUT2D eigenvalue weighted by Gasteiger charge is 2.20. The molecule has 0 radical (unpaired) electrons. The number of rotatable bonds is 5. The van der Waals surface area contributed by atoms with Gasteiger partial charge in [-0.15, -0.1) is 0 Å². The summed E-state index contributed by atoms with van der Waals surface area (Å²) in [5, 5.41) is 11.9. The summed E-state index contributed by atoms with van der Waals surface area (Å²) in [6.07, 6.45) is 0.823. The highest BCUT2D eigenvalue weighted by Crippen LogP contribution is 2.05. The highest BCUT2D eigenvalue weighted by atomic mass is 16.5. The first kappa shape index (κ1) is 11.4. The number of ether oxygens (including phenoxy) is 1. The first-order valence-electron chi connectivity index (χ1n) is 4.22. The Balaban J connectivity index is 3.95. The van der Waals surface area contributed by atoms with Gasteiger partial charge in [-0.05, 0) is 20.3 Å². The number of nitrogens with one attached hydrogen (secondary N) is 1. The monoisotopic (exact) mass is 170 g/mol. The van der Waals surface area contributed by atoms with Crippen LogP contribution in [-0.4, -0.2) is 25.3 Å². The Labute approximate surface area is 74.7 Å². The lowest BCUT2D eigenvalue weighted by molar-refractivity contribution is 0.124. The molecule has 1 atom stereocenters. The molecule has 70 valence electrons. The van der Waals surface area contributed by atoms with Crippen molar-refractivity contribution in [1.29, 1.82) is 5.26 Å². The maximum absolute atomic E-state index is 8.70. The van der Waals surface area contributed by atoms with Crippen molar-refractivity contribution in [1.82, 2.24) is 5.32 Å². The Hall–Kier alpha value is -0.590. The van der Waals surface area contributed by atoms with Crippen molar-refractivity contribution in [3.63, 3.8) is 0 Å². The topological polar surface area (TPSA) is 45.0 Å². The van der Waals surface area contributed by atoms with Gasteiger partial charge in [0, 0.05) is 12.6 Å². The van der Waals surface area contributed by atoms with Crippen molar-refractivity contribution in [2.45, 2.75) is 38.8 Å². The van der Waals surface area contributed by atoms with E-state index in [4.69, 9.17) is 10.00 Å². The fraction of sp³-hybridized carbons (Fsp3) is 0.889. The maximum atomic E-state index is 8.70. The third-order valence-electron chi connectivity index (χ3n) is 1.63. The van der Waals surface area contributed by atoms with Gasteiger partial charge >= 0.3 is 0 Å². The Kier molecular flexibility index (Phi) is 4.87. The molecule has 0 aliphatic heterocycles. The number of nitrogens with zero attached hydrogens (tertiary/aromatic N) is 1. The summed E-state index contributed by atoms with van der Waals surface area (Å²) in [6.45, 7) is 6.65. The number of methoxy groups -OCH3 is 1. The molecular formula is C9H18N2O. The smallest absolute Gasteiger partial charge is 0.0955 e. The fourth-order valence-electron chi connectivity index (χ4n) is 1.10. The summed E-state index contributed by atoms with van der Waals surface area (Å²) in [4.78, 5) is 0. The molecule has 0 aliphatic carbocycles. The van der Waals surface area contributed by atoms with Gasteiger partial charge < -0.3 is 4.74 Å². The molecule has 0 aromatic carbocycles. The van der Waals surface area contributed by atoms with Gasteiger partial charge in [-0.25, -0.2) is 0 Å². The minimum Gasteiger partial charge on any atom is -0.383 e. The van der Waals surface area contributed by atoms with Crippen molar-refractivity contribution >= 4 is 0 Å². The minimum atomic E-state index is -0.120. The third-order valence-corrected chi connectivity index (χ3v) is 1.63. The van der Waals surface area contributed by atoms with Crippen LogP contribution >= 0.6 is 0 Å². The number of hydrogen-bond acceptors (Lipinski definition) is 3. The number of nitriles is 1. The van der Waals surface area contributed by atoms with E-state index in [2.05, 4.69) is 11.4 Å². The maximum Gasteiger partial charge on any atom is 0.0955 e. The van der Waals surface area contributed by atoms with E-state index >= 15 is 0 Å².